The lowest BCUT2D eigenvalue weighted by molar-refractivity contribution is 0.666. The third-order valence-corrected chi connectivity index (χ3v) is 13.7. The molecule has 0 spiro atoms. The lowest BCUT2D eigenvalue weighted by Crippen LogP contribution is -2.15. The summed E-state index contributed by atoms with van der Waals surface area (Å²) in [5.41, 5.74) is 19.4. The maximum atomic E-state index is 6.55. The summed E-state index contributed by atoms with van der Waals surface area (Å²) in [5, 5.41) is 9.84. The molecule has 0 saturated carbocycles. The Morgan fingerprint density at radius 3 is 1.65 bits per heavy atom. The first kappa shape index (κ1) is 36.4. The largest absolute Gasteiger partial charge is 0.456 e. The first-order chi connectivity index (χ1) is 30.4. The maximum Gasteiger partial charge on any atom is 0.135 e. The highest BCUT2D eigenvalue weighted by Gasteiger charge is 2.37. The first-order valence-electron chi connectivity index (χ1n) is 21.8. The fourth-order valence-corrected chi connectivity index (χ4v) is 10.7. The lowest BCUT2D eigenvalue weighted by atomic mass is 9.80. The SMILES string of the molecule is C/C=C\c1cc(-c2cccc(-c3c4ccccc4c(-c4ccc5oc6ccc(-c7ccc8c(c7)-c7ccc9ccccc9c7C8(C)C)cc6c5c4)c4ccccc34)c2)ccc1C. The molecule has 0 N–H and O–H groups in total. The van der Waals surface area contributed by atoms with E-state index < -0.39 is 0 Å². The zero-order valence-electron chi connectivity index (χ0n) is 35.4. The van der Waals surface area contributed by atoms with Gasteiger partial charge in [-0.2, -0.15) is 0 Å². The molecule has 11 aromatic rings. The van der Waals surface area contributed by atoms with Gasteiger partial charge in [0.2, 0.25) is 0 Å². The fraction of sp³-hybridized carbons (Fsp3) is 0.0820. The van der Waals surface area contributed by atoms with Gasteiger partial charge in [-0.25, -0.2) is 0 Å². The van der Waals surface area contributed by atoms with Crippen LogP contribution < -0.4 is 0 Å². The molecule has 0 bridgehead atoms. The van der Waals surface area contributed by atoms with Crippen molar-refractivity contribution < 1.29 is 4.42 Å². The Balaban J connectivity index is 0.999. The minimum Gasteiger partial charge on any atom is -0.456 e. The smallest absolute Gasteiger partial charge is 0.135 e. The highest BCUT2D eigenvalue weighted by Crippen LogP contribution is 2.52. The van der Waals surface area contributed by atoms with Crippen molar-refractivity contribution in [1.82, 2.24) is 0 Å². The highest BCUT2D eigenvalue weighted by atomic mass is 16.3. The Labute approximate surface area is 362 Å². The van der Waals surface area contributed by atoms with Crippen molar-refractivity contribution in [2.75, 3.05) is 0 Å². The lowest BCUT2D eigenvalue weighted by Gasteiger charge is -2.23. The van der Waals surface area contributed by atoms with E-state index in [1.165, 1.54) is 110 Å². The van der Waals surface area contributed by atoms with Crippen LogP contribution in [0, 0.1) is 6.92 Å². The van der Waals surface area contributed by atoms with Gasteiger partial charge in [-0.05, 0) is 167 Å². The van der Waals surface area contributed by atoms with E-state index in [0.717, 1.165) is 21.9 Å². The molecule has 62 heavy (non-hydrogen) atoms. The summed E-state index contributed by atoms with van der Waals surface area (Å²) in [6.45, 7) is 9.00. The summed E-state index contributed by atoms with van der Waals surface area (Å²) in [6.07, 6.45) is 4.31. The Kier molecular flexibility index (Phi) is 8.08. The van der Waals surface area contributed by atoms with Crippen molar-refractivity contribution in [3.63, 3.8) is 0 Å². The number of furan rings is 1. The van der Waals surface area contributed by atoms with E-state index in [1.54, 1.807) is 0 Å². The van der Waals surface area contributed by atoms with Crippen LogP contribution in [-0.4, -0.2) is 0 Å². The molecular formula is C61H44O. The van der Waals surface area contributed by atoms with Crippen LogP contribution in [0.1, 0.15) is 43.0 Å². The van der Waals surface area contributed by atoms with Gasteiger partial charge in [-0.3, -0.25) is 0 Å². The molecule has 294 valence electrons. The zero-order chi connectivity index (χ0) is 41.7. The van der Waals surface area contributed by atoms with Gasteiger partial charge >= 0.3 is 0 Å². The van der Waals surface area contributed by atoms with E-state index in [1.807, 2.05) is 0 Å². The summed E-state index contributed by atoms with van der Waals surface area (Å²) in [7, 11) is 0. The minimum absolute atomic E-state index is 0.0837. The standard InChI is InChI=1S/C61H44O/c1-5-13-39-32-41(23-22-37(39)2)40-15-12-16-44(33-40)58-47-18-8-10-20-49(47)59(50-21-11-9-19-48(50)58)45-27-31-57-54(36-45)53-35-43(26-30-56(53)62-57)42-25-29-55-52(34-42)51-28-24-38-14-6-7-17-46(38)60(51)61(55,3)4/h5-36H,1-4H3/b13-5-. The van der Waals surface area contributed by atoms with Crippen LogP contribution in [0.4, 0.5) is 0 Å². The van der Waals surface area contributed by atoms with Gasteiger partial charge < -0.3 is 4.42 Å². The molecule has 1 aliphatic carbocycles. The van der Waals surface area contributed by atoms with Crippen LogP contribution in [0.3, 0.4) is 0 Å². The average molecular weight is 793 g/mol. The molecular weight excluding hydrogens is 749 g/mol. The van der Waals surface area contributed by atoms with Gasteiger partial charge in [0.05, 0.1) is 0 Å². The molecule has 0 amide bonds. The fourth-order valence-electron chi connectivity index (χ4n) is 10.7. The molecule has 1 heterocycles. The van der Waals surface area contributed by atoms with Crippen molar-refractivity contribution in [3.05, 3.63) is 210 Å². The second kappa shape index (κ2) is 13.8. The van der Waals surface area contributed by atoms with Crippen LogP contribution in [-0.2, 0) is 5.41 Å². The summed E-state index contributed by atoms with van der Waals surface area (Å²) in [6, 6.07) is 67.6. The Morgan fingerprint density at radius 1 is 0.419 bits per heavy atom. The number of hydrogen-bond acceptors (Lipinski definition) is 1. The highest BCUT2D eigenvalue weighted by molar-refractivity contribution is 6.22. The molecule has 1 heteroatoms. The summed E-state index contributed by atoms with van der Waals surface area (Å²) >= 11 is 0. The molecule has 0 fully saturated rings. The molecule has 0 atom stereocenters. The number of rotatable bonds is 5. The van der Waals surface area contributed by atoms with Crippen LogP contribution in [0.2, 0.25) is 0 Å². The molecule has 10 aromatic carbocycles. The molecule has 0 radical (unpaired) electrons. The minimum atomic E-state index is -0.0837. The molecule has 12 rings (SSSR count). The van der Waals surface area contributed by atoms with Crippen molar-refractivity contribution in [2.24, 2.45) is 0 Å². The molecule has 1 aromatic heterocycles. The Hall–Kier alpha value is -7.48. The van der Waals surface area contributed by atoms with E-state index in [2.05, 4.69) is 222 Å². The monoisotopic (exact) mass is 792 g/mol. The van der Waals surface area contributed by atoms with Crippen molar-refractivity contribution in [1.29, 1.82) is 0 Å². The number of fused-ring (bicyclic) bond motifs is 10. The normalized spacial score (nSPS) is 13.2. The predicted molar refractivity (Wildman–Crippen MR) is 265 cm³/mol. The summed E-state index contributed by atoms with van der Waals surface area (Å²) in [4.78, 5) is 0. The third-order valence-electron chi connectivity index (χ3n) is 13.7. The molecule has 1 aliphatic rings. The number of hydrogen-bond donors (Lipinski definition) is 0. The van der Waals surface area contributed by atoms with E-state index in [9.17, 15) is 0 Å². The Morgan fingerprint density at radius 2 is 0.952 bits per heavy atom. The van der Waals surface area contributed by atoms with Crippen LogP contribution in [0.25, 0.3) is 116 Å². The van der Waals surface area contributed by atoms with Crippen LogP contribution in [0.15, 0.2) is 192 Å². The molecule has 0 aliphatic heterocycles. The number of benzene rings is 10. The topological polar surface area (TPSA) is 13.1 Å². The van der Waals surface area contributed by atoms with E-state index in [-0.39, 0.29) is 5.41 Å². The van der Waals surface area contributed by atoms with E-state index in [4.69, 9.17) is 4.42 Å². The van der Waals surface area contributed by atoms with Crippen molar-refractivity contribution in [2.45, 2.75) is 33.1 Å². The molecule has 0 unspecified atom stereocenters. The second-order valence-corrected chi connectivity index (χ2v) is 17.6. The van der Waals surface area contributed by atoms with Crippen molar-refractivity contribution in [3.8, 4) is 55.6 Å². The summed E-state index contributed by atoms with van der Waals surface area (Å²) < 4.78 is 6.55. The molecule has 0 saturated heterocycles. The quantitative estimate of drug-likeness (QED) is 0.158. The summed E-state index contributed by atoms with van der Waals surface area (Å²) in [5.74, 6) is 0. The second-order valence-electron chi connectivity index (χ2n) is 17.6. The molecule has 1 nitrogen and oxygen atoms in total. The van der Waals surface area contributed by atoms with Crippen LogP contribution in [0.5, 0.6) is 0 Å². The predicted octanol–water partition coefficient (Wildman–Crippen LogP) is 17.4. The maximum absolute atomic E-state index is 6.55. The van der Waals surface area contributed by atoms with Crippen molar-refractivity contribution >= 4 is 60.3 Å². The van der Waals surface area contributed by atoms with Gasteiger partial charge in [0, 0.05) is 16.2 Å². The number of allylic oxidation sites excluding steroid dienone is 1. The van der Waals surface area contributed by atoms with Gasteiger partial charge in [-0.15, -0.1) is 0 Å². The number of aryl methyl sites for hydroxylation is 1. The van der Waals surface area contributed by atoms with E-state index in [0.29, 0.717) is 0 Å². The first-order valence-corrected chi connectivity index (χ1v) is 21.8. The van der Waals surface area contributed by atoms with Gasteiger partial charge in [-0.1, -0.05) is 166 Å². The van der Waals surface area contributed by atoms with E-state index >= 15 is 0 Å². The average Bonchev–Trinajstić information content (AvgIpc) is 3.79. The van der Waals surface area contributed by atoms with Gasteiger partial charge in [0.25, 0.3) is 0 Å². The zero-order valence-corrected chi connectivity index (χ0v) is 35.4. The van der Waals surface area contributed by atoms with Gasteiger partial charge in [0.1, 0.15) is 11.2 Å². The third kappa shape index (κ3) is 5.48. The Bertz CT molecular complexity index is 3630. The van der Waals surface area contributed by atoms with Gasteiger partial charge in [0.15, 0.2) is 0 Å². The van der Waals surface area contributed by atoms with Crippen LogP contribution >= 0.6 is 0 Å².